The van der Waals surface area contributed by atoms with Gasteiger partial charge in [-0.25, -0.2) is 0 Å². The summed E-state index contributed by atoms with van der Waals surface area (Å²) in [6.07, 6.45) is 2.59. The lowest BCUT2D eigenvalue weighted by Gasteiger charge is -2.30. The van der Waals surface area contributed by atoms with Crippen LogP contribution in [-0.2, 0) is 11.2 Å². The van der Waals surface area contributed by atoms with E-state index < -0.39 is 6.04 Å². The van der Waals surface area contributed by atoms with Crippen molar-refractivity contribution < 1.29 is 9.59 Å². The second-order valence-electron chi connectivity index (χ2n) is 7.79. The maximum absolute atomic E-state index is 12.7. The number of carbonyl (C=O) groups excluding carboxylic acids is 2. The second-order valence-corrected chi connectivity index (χ2v) is 7.79. The Bertz CT molecular complexity index is 827. The summed E-state index contributed by atoms with van der Waals surface area (Å²) in [7, 11) is 0. The maximum Gasteiger partial charge on any atom is 0.253 e. The molecule has 5 heteroatoms. The molecule has 1 atom stereocenters. The van der Waals surface area contributed by atoms with E-state index in [9.17, 15) is 9.59 Å². The normalized spacial score (nSPS) is 15.9. The Morgan fingerprint density at radius 2 is 1.82 bits per heavy atom. The highest BCUT2D eigenvalue weighted by atomic mass is 16.2. The fourth-order valence-corrected chi connectivity index (χ4v) is 3.52. The van der Waals surface area contributed by atoms with Crippen molar-refractivity contribution in [1.82, 2.24) is 4.90 Å². The highest BCUT2D eigenvalue weighted by Gasteiger charge is 2.22. The number of hydrogen-bond donors (Lipinski definition) is 2. The van der Waals surface area contributed by atoms with Crippen molar-refractivity contribution in [1.29, 1.82) is 0 Å². The Kier molecular flexibility index (Phi) is 6.47. The molecule has 0 radical (unpaired) electrons. The first-order chi connectivity index (χ1) is 13.4. The number of aryl methyl sites for hydroxylation is 1. The molecule has 0 unspecified atom stereocenters. The van der Waals surface area contributed by atoms with Crippen LogP contribution in [0.4, 0.5) is 5.69 Å². The number of nitrogens with two attached hydrogens (primary N) is 1. The molecule has 0 aliphatic carbocycles. The molecule has 0 saturated carbocycles. The van der Waals surface area contributed by atoms with Crippen molar-refractivity contribution in [3.05, 3.63) is 65.2 Å². The van der Waals surface area contributed by atoms with Crippen LogP contribution in [0.15, 0.2) is 48.5 Å². The average molecular weight is 380 g/mol. The van der Waals surface area contributed by atoms with Gasteiger partial charge in [0.2, 0.25) is 5.91 Å². The van der Waals surface area contributed by atoms with Crippen LogP contribution in [0.1, 0.15) is 41.3 Å². The van der Waals surface area contributed by atoms with Crippen LogP contribution in [0.5, 0.6) is 0 Å². The van der Waals surface area contributed by atoms with Crippen LogP contribution in [0.2, 0.25) is 0 Å². The summed E-state index contributed by atoms with van der Waals surface area (Å²) in [5.74, 6) is 0.521. The summed E-state index contributed by atoms with van der Waals surface area (Å²) >= 11 is 0. The molecule has 148 valence electrons. The van der Waals surface area contributed by atoms with Crippen molar-refractivity contribution in [2.75, 3.05) is 18.4 Å². The molecular weight excluding hydrogens is 350 g/mol. The highest BCUT2D eigenvalue weighted by molar-refractivity contribution is 5.98. The molecular formula is C23H29N3O2. The van der Waals surface area contributed by atoms with Crippen LogP contribution >= 0.6 is 0 Å². The van der Waals surface area contributed by atoms with Crippen LogP contribution in [-0.4, -0.2) is 35.8 Å². The van der Waals surface area contributed by atoms with Crippen molar-refractivity contribution in [2.45, 2.75) is 39.2 Å². The van der Waals surface area contributed by atoms with E-state index >= 15 is 0 Å². The van der Waals surface area contributed by atoms with E-state index in [4.69, 9.17) is 5.73 Å². The Hall–Kier alpha value is -2.66. The molecule has 1 saturated heterocycles. The fraction of sp³-hybridized carbons (Fsp3) is 0.391. The van der Waals surface area contributed by atoms with Gasteiger partial charge in [0.1, 0.15) is 0 Å². The molecule has 1 aliphatic rings. The molecule has 2 aromatic rings. The molecule has 5 nitrogen and oxygen atoms in total. The minimum atomic E-state index is -0.626. The SMILES string of the molecule is Cc1cc(C(=O)N2CCC(C)CC2)ccc1NC(=O)[C@@H](N)Cc1ccccc1. The molecule has 1 fully saturated rings. The Balaban J connectivity index is 1.62. The van der Waals surface area contributed by atoms with Crippen molar-refractivity contribution in [3.63, 3.8) is 0 Å². The summed E-state index contributed by atoms with van der Waals surface area (Å²) in [6.45, 7) is 5.75. The lowest BCUT2D eigenvalue weighted by atomic mass is 9.98. The lowest BCUT2D eigenvalue weighted by molar-refractivity contribution is -0.117. The predicted molar refractivity (Wildman–Crippen MR) is 112 cm³/mol. The molecule has 0 aromatic heterocycles. The second kappa shape index (κ2) is 9.02. The summed E-state index contributed by atoms with van der Waals surface area (Å²) in [6, 6.07) is 14.5. The van der Waals surface area contributed by atoms with E-state index in [-0.39, 0.29) is 11.8 Å². The summed E-state index contributed by atoms with van der Waals surface area (Å²) in [4.78, 5) is 27.1. The van der Waals surface area contributed by atoms with Crippen molar-refractivity contribution >= 4 is 17.5 Å². The standard InChI is InChI=1S/C23H29N3O2/c1-16-10-12-26(13-11-16)23(28)19-8-9-21(17(2)14-19)25-22(27)20(24)15-18-6-4-3-5-7-18/h3-9,14,16,20H,10-13,15,24H2,1-2H3,(H,25,27)/t20-/m0/s1. The van der Waals surface area contributed by atoms with Crippen LogP contribution < -0.4 is 11.1 Å². The molecule has 3 N–H and O–H groups in total. The maximum atomic E-state index is 12.7. The molecule has 2 amide bonds. The molecule has 0 spiro atoms. The number of benzene rings is 2. The van der Waals surface area contributed by atoms with Gasteiger partial charge >= 0.3 is 0 Å². The first kappa shape index (κ1) is 20.1. The Labute approximate surface area is 166 Å². The van der Waals surface area contributed by atoms with Crippen molar-refractivity contribution in [3.8, 4) is 0 Å². The fourth-order valence-electron chi connectivity index (χ4n) is 3.52. The van der Waals surface area contributed by atoms with Gasteiger partial charge in [0.25, 0.3) is 5.91 Å². The van der Waals surface area contributed by atoms with Gasteiger partial charge in [-0.05, 0) is 61.4 Å². The molecule has 3 rings (SSSR count). The minimum absolute atomic E-state index is 0.0636. The van der Waals surface area contributed by atoms with E-state index in [0.29, 0.717) is 23.6 Å². The monoisotopic (exact) mass is 379 g/mol. The third kappa shape index (κ3) is 4.98. The number of amides is 2. The van der Waals surface area contributed by atoms with Crippen LogP contribution in [0.3, 0.4) is 0 Å². The van der Waals surface area contributed by atoms with E-state index in [2.05, 4.69) is 12.2 Å². The highest BCUT2D eigenvalue weighted by Crippen LogP contribution is 2.21. The van der Waals surface area contributed by atoms with Gasteiger partial charge in [-0.2, -0.15) is 0 Å². The largest absolute Gasteiger partial charge is 0.339 e. The van der Waals surface area contributed by atoms with Gasteiger partial charge < -0.3 is 16.0 Å². The first-order valence-corrected chi connectivity index (χ1v) is 9.94. The molecule has 0 bridgehead atoms. The number of nitrogens with one attached hydrogen (secondary N) is 1. The summed E-state index contributed by atoms with van der Waals surface area (Å²) < 4.78 is 0. The lowest BCUT2D eigenvalue weighted by Crippen LogP contribution is -2.38. The van der Waals surface area contributed by atoms with Gasteiger partial charge in [0.15, 0.2) is 0 Å². The number of carbonyl (C=O) groups is 2. The van der Waals surface area contributed by atoms with E-state index in [1.807, 2.05) is 48.2 Å². The van der Waals surface area contributed by atoms with E-state index in [1.165, 1.54) is 0 Å². The third-order valence-electron chi connectivity index (χ3n) is 5.44. The summed E-state index contributed by atoms with van der Waals surface area (Å²) in [5, 5.41) is 2.89. The topological polar surface area (TPSA) is 75.4 Å². The Morgan fingerprint density at radius 3 is 2.46 bits per heavy atom. The van der Waals surface area contributed by atoms with Gasteiger partial charge in [-0.1, -0.05) is 37.3 Å². The zero-order valence-electron chi connectivity index (χ0n) is 16.7. The minimum Gasteiger partial charge on any atom is -0.339 e. The van der Waals surface area contributed by atoms with Crippen LogP contribution in [0.25, 0.3) is 0 Å². The smallest absolute Gasteiger partial charge is 0.253 e. The average Bonchev–Trinajstić information content (AvgIpc) is 2.70. The van der Waals surface area contributed by atoms with Gasteiger partial charge in [-0.15, -0.1) is 0 Å². The summed E-state index contributed by atoms with van der Waals surface area (Å²) in [5.41, 5.74) is 9.30. The molecule has 1 aliphatic heterocycles. The molecule has 28 heavy (non-hydrogen) atoms. The van der Waals surface area contributed by atoms with Gasteiger partial charge in [0, 0.05) is 24.3 Å². The van der Waals surface area contributed by atoms with Crippen molar-refractivity contribution in [2.24, 2.45) is 11.7 Å². The third-order valence-corrected chi connectivity index (χ3v) is 5.44. The molecule has 2 aromatic carbocycles. The number of hydrogen-bond acceptors (Lipinski definition) is 3. The first-order valence-electron chi connectivity index (χ1n) is 9.94. The zero-order valence-corrected chi connectivity index (χ0v) is 16.7. The Morgan fingerprint density at radius 1 is 1.14 bits per heavy atom. The number of rotatable bonds is 5. The number of piperidine rings is 1. The number of anilines is 1. The van der Waals surface area contributed by atoms with E-state index in [1.54, 1.807) is 12.1 Å². The number of nitrogens with zero attached hydrogens (tertiary/aromatic N) is 1. The molecule has 1 heterocycles. The van der Waals surface area contributed by atoms with Gasteiger partial charge in [0.05, 0.1) is 6.04 Å². The van der Waals surface area contributed by atoms with Crippen LogP contribution in [0, 0.1) is 12.8 Å². The quantitative estimate of drug-likeness (QED) is 0.836. The predicted octanol–water partition coefficient (Wildman–Crippen LogP) is 3.38. The number of likely N-dealkylation sites (tertiary alicyclic amines) is 1. The van der Waals surface area contributed by atoms with E-state index in [0.717, 1.165) is 37.1 Å². The van der Waals surface area contributed by atoms with Gasteiger partial charge in [-0.3, -0.25) is 9.59 Å². The zero-order chi connectivity index (χ0) is 20.1.